The minimum atomic E-state index is -2.59. The molecule has 80 valence electrons. The smallest absolute Gasteiger partial charge is 0.378 e. The summed E-state index contributed by atoms with van der Waals surface area (Å²) in [6, 6.07) is 0. The van der Waals surface area contributed by atoms with Crippen LogP contribution in [0.1, 0.15) is 13.8 Å². The fraction of sp³-hybridized carbons (Fsp3) is 0.625. The first-order valence-corrected chi connectivity index (χ1v) is 4.06. The number of alkyl halides is 1. The molecule has 0 saturated carbocycles. The third-order valence-electron chi connectivity index (χ3n) is 1.20. The highest BCUT2D eigenvalue weighted by molar-refractivity contribution is 6.39. The van der Waals surface area contributed by atoms with Gasteiger partial charge in [-0.1, -0.05) is 0 Å². The second-order valence-electron chi connectivity index (χ2n) is 2.20. The van der Waals surface area contributed by atoms with E-state index in [-0.39, 0.29) is 13.2 Å². The number of carbonyl (C=O) groups is 3. The molecule has 0 rings (SSSR count). The zero-order valence-corrected chi connectivity index (χ0v) is 7.91. The van der Waals surface area contributed by atoms with Crippen molar-refractivity contribution in [3.8, 4) is 0 Å². The van der Waals surface area contributed by atoms with Gasteiger partial charge in [0, 0.05) is 0 Å². The monoisotopic (exact) mass is 206 g/mol. The van der Waals surface area contributed by atoms with E-state index in [1.165, 1.54) is 13.8 Å². The fourth-order valence-electron chi connectivity index (χ4n) is 0.628. The predicted molar refractivity (Wildman–Crippen MR) is 43.2 cm³/mol. The Kier molecular flexibility index (Phi) is 5.43. The van der Waals surface area contributed by atoms with Gasteiger partial charge in [-0.3, -0.25) is 4.79 Å². The van der Waals surface area contributed by atoms with Crippen LogP contribution in [0.15, 0.2) is 0 Å². The highest BCUT2D eigenvalue weighted by atomic mass is 19.1. The zero-order chi connectivity index (χ0) is 11.1. The average molecular weight is 206 g/mol. The van der Waals surface area contributed by atoms with E-state index in [4.69, 9.17) is 0 Å². The van der Waals surface area contributed by atoms with Gasteiger partial charge >= 0.3 is 11.9 Å². The Morgan fingerprint density at radius 2 is 1.64 bits per heavy atom. The summed E-state index contributed by atoms with van der Waals surface area (Å²) in [5.41, 5.74) is 0. The number of hydrogen-bond donors (Lipinski definition) is 0. The van der Waals surface area contributed by atoms with Crippen molar-refractivity contribution < 1.29 is 28.2 Å². The van der Waals surface area contributed by atoms with Gasteiger partial charge in [-0.15, -0.1) is 0 Å². The third-order valence-corrected chi connectivity index (χ3v) is 1.20. The van der Waals surface area contributed by atoms with Crippen molar-refractivity contribution in [2.24, 2.45) is 0 Å². The van der Waals surface area contributed by atoms with Gasteiger partial charge in [-0.2, -0.15) is 0 Å². The van der Waals surface area contributed by atoms with E-state index in [9.17, 15) is 18.8 Å². The van der Waals surface area contributed by atoms with Gasteiger partial charge in [0.25, 0.3) is 12.0 Å². The van der Waals surface area contributed by atoms with Crippen molar-refractivity contribution in [2.45, 2.75) is 20.0 Å². The molecule has 0 aromatic carbocycles. The van der Waals surface area contributed by atoms with Crippen LogP contribution < -0.4 is 0 Å². The molecule has 0 aliphatic heterocycles. The second-order valence-corrected chi connectivity index (χ2v) is 2.20. The molecular formula is C8H11FO5. The normalized spacial score (nSPS) is 11.6. The number of esters is 2. The lowest BCUT2D eigenvalue weighted by Gasteiger charge is -2.05. The number of Topliss-reactive ketones (excluding diaryl/α,β-unsaturated/α-hetero) is 1. The van der Waals surface area contributed by atoms with E-state index in [1.807, 2.05) is 0 Å². The first-order chi connectivity index (χ1) is 6.54. The van der Waals surface area contributed by atoms with Crippen LogP contribution in [0.3, 0.4) is 0 Å². The highest BCUT2D eigenvalue weighted by Gasteiger charge is 2.33. The average Bonchev–Trinajstić information content (AvgIpc) is 2.16. The van der Waals surface area contributed by atoms with E-state index >= 15 is 0 Å². The number of hydrogen-bond acceptors (Lipinski definition) is 5. The summed E-state index contributed by atoms with van der Waals surface area (Å²) in [6.07, 6.45) is -2.59. The maximum absolute atomic E-state index is 12.8. The number of carbonyl (C=O) groups excluding carboxylic acids is 3. The standard InChI is InChI=1S/C8H11FO5/c1-3-13-7(11)5(9)6(10)8(12)14-4-2/h5H,3-4H2,1-2H3. The Balaban J connectivity index is 4.24. The summed E-state index contributed by atoms with van der Waals surface area (Å²) < 4.78 is 21.3. The van der Waals surface area contributed by atoms with Crippen molar-refractivity contribution >= 4 is 17.7 Å². The van der Waals surface area contributed by atoms with Crippen molar-refractivity contribution in [3.63, 3.8) is 0 Å². The molecule has 0 fully saturated rings. The number of ether oxygens (including phenoxy) is 2. The van der Waals surface area contributed by atoms with Gasteiger partial charge in [-0.05, 0) is 13.8 Å². The van der Waals surface area contributed by atoms with Gasteiger partial charge in [0.15, 0.2) is 0 Å². The Labute approximate surface area is 80.2 Å². The summed E-state index contributed by atoms with van der Waals surface area (Å²) in [5, 5.41) is 0. The molecule has 0 radical (unpaired) electrons. The van der Waals surface area contributed by atoms with Crippen molar-refractivity contribution in [1.82, 2.24) is 0 Å². The van der Waals surface area contributed by atoms with Crippen LogP contribution in [-0.4, -0.2) is 37.1 Å². The first kappa shape index (κ1) is 12.5. The molecule has 0 aromatic rings. The quantitative estimate of drug-likeness (QED) is 0.360. The van der Waals surface area contributed by atoms with Gasteiger partial charge < -0.3 is 9.47 Å². The largest absolute Gasteiger partial charge is 0.463 e. The van der Waals surface area contributed by atoms with Gasteiger partial charge in [0.1, 0.15) is 0 Å². The molecule has 5 nitrogen and oxygen atoms in total. The molecule has 14 heavy (non-hydrogen) atoms. The van der Waals surface area contributed by atoms with Crippen LogP contribution in [0.5, 0.6) is 0 Å². The minimum absolute atomic E-state index is 0.0554. The molecule has 0 N–H and O–H groups in total. The van der Waals surface area contributed by atoms with E-state index in [0.29, 0.717) is 0 Å². The van der Waals surface area contributed by atoms with E-state index in [1.54, 1.807) is 0 Å². The molecule has 1 atom stereocenters. The minimum Gasteiger partial charge on any atom is -0.463 e. The van der Waals surface area contributed by atoms with Gasteiger partial charge in [0.05, 0.1) is 13.2 Å². The topological polar surface area (TPSA) is 69.7 Å². The molecule has 6 heteroatoms. The Hall–Kier alpha value is -1.46. The molecule has 0 aromatic heterocycles. The lowest BCUT2D eigenvalue weighted by Crippen LogP contribution is -2.34. The molecule has 0 spiro atoms. The number of rotatable bonds is 5. The van der Waals surface area contributed by atoms with E-state index < -0.39 is 23.9 Å². The summed E-state index contributed by atoms with van der Waals surface area (Å²) >= 11 is 0. The molecule has 1 unspecified atom stereocenters. The zero-order valence-electron chi connectivity index (χ0n) is 7.91. The second kappa shape index (κ2) is 6.06. The molecule has 0 amide bonds. The van der Waals surface area contributed by atoms with Gasteiger partial charge in [-0.25, -0.2) is 14.0 Å². The van der Waals surface area contributed by atoms with E-state index in [2.05, 4.69) is 9.47 Å². The molecule has 0 aliphatic rings. The molecular weight excluding hydrogens is 195 g/mol. The molecule has 0 bridgehead atoms. The Morgan fingerprint density at radius 3 is 2.07 bits per heavy atom. The van der Waals surface area contributed by atoms with Crippen molar-refractivity contribution in [3.05, 3.63) is 0 Å². The molecule has 0 heterocycles. The van der Waals surface area contributed by atoms with Crippen molar-refractivity contribution in [1.29, 1.82) is 0 Å². The summed E-state index contributed by atoms with van der Waals surface area (Å²) in [4.78, 5) is 32.1. The van der Waals surface area contributed by atoms with Crippen LogP contribution >= 0.6 is 0 Å². The maximum Gasteiger partial charge on any atom is 0.378 e. The lowest BCUT2D eigenvalue weighted by atomic mass is 10.2. The Morgan fingerprint density at radius 1 is 1.14 bits per heavy atom. The van der Waals surface area contributed by atoms with Crippen LogP contribution in [0.2, 0.25) is 0 Å². The van der Waals surface area contributed by atoms with Crippen LogP contribution in [0.25, 0.3) is 0 Å². The number of ketones is 1. The predicted octanol–water partition coefficient (Wildman–Crippen LogP) is 0.0198. The summed E-state index contributed by atoms with van der Waals surface area (Å²) in [6.45, 7) is 2.80. The summed E-state index contributed by atoms with van der Waals surface area (Å²) in [7, 11) is 0. The van der Waals surface area contributed by atoms with Crippen molar-refractivity contribution in [2.75, 3.05) is 13.2 Å². The highest BCUT2D eigenvalue weighted by Crippen LogP contribution is 1.99. The summed E-state index contributed by atoms with van der Waals surface area (Å²) in [5.74, 6) is -4.27. The Bertz CT molecular complexity index is 238. The molecule has 0 saturated heterocycles. The first-order valence-electron chi connectivity index (χ1n) is 4.06. The van der Waals surface area contributed by atoms with Gasteiger partial charge in [0.2, 0.25) is 0 Å². The maximum atomic E-state index is 12.8. The van der Waals surface area contributed by atoms with Crippen LogP contribution in [0, 0.1) is 0 Å². The van der Waals surface area contributed by atoms with Crippen LogP contribution in [0.4, 0.5) is 4.39 Å². The third kappa shape index (κ3) is 3.51. The fourth-order valence-corrected chi connectivity index (χ4v) is 0.628. The molecule has 0 aliphatic carbocycles. The number of halogens is 1. The lowest BCUT2D eigenvalue weighted by molar-refractivity contribution is -0.162. The van der Waals surface area contributed by atoms with Crippen LogP contribution in [-0.2, 0) is 23.9 Å². The SMILES string of the molecule is CCOC(=O)C(=O)C(F)C(=O)OCC. The van der Waals surface area contributed by atoms with E-state index in [0.717, 1.165) is 0 Å².